The van der Waals surface area contributed by atoms with Crippen molar-refractivity contribution in [1.82, 2.24) is 19.7 Å². The summed E-state index contributed by atoms with van der Waals surface area (Å²) in [7, 11) is -3.40. The van der Waals surface area contributed by atoms with Crippen molar-refractivity contribution in [2.24, 2.45) is 4.99 Å². The molecule has 8 nitrogen and oxygen atoms in total. The summed E-state index contributed by atoms with van der Waals surface area (Å²) in [5, 5.41) is 7.02. The third kappa shape index (κ3) is 6.41. The van der Waals surface area contributed by atoms with Gasteiger partial charge in [0.1, 0.15) is 12.0 Å². The van der Waals surface area contributed by atoms with E-state index in [0.29, 0.717) is 38.4 Å². The zero-order valence-electron chi connectivity index (χ0n) is 16.7. The summed E-state index contributed by atoms with van der Waals surface area (Å²) in [6, 6.07) is 9.78. The number of nitrogens with one attached hydrogen (secondary N) is 1. The van der Waals surface area contributed by atoms with Crippen molar-refractivity contribution in [3.05, 3.63) is 53.4 Å². The Hall–Kier alpha value is -1.66. The monoisotopic (exact) mass is 533 g/mol. The number of aromatic nitrogens is 1. The maximum atomic E-state index is 12.6. The molecule has 0 bridgehead atoms. The van der Waals surface area contributed by atoms with Crippen LogP contribution in [0, 0.1) is 6.92 Å². The van der Waals surface area contributed by atoms with E-state index in [9.17, 15) is 8.42 Å². The fraction of sp³-hybridized carbons (Fsp3) is 0.474. The molecule has 0 spiro atoms. The number of hydrogen-bond acceptors (Lipinski definition) is 5. The zero-order chi connectivity index (χ0) is 20.0. The second kappa shape index (κ2) is 10.9. The fourth-order valence-electron chi connectivity index (χ4n) is 3.14. The van der Waals surface area contributed by atoms with Gasteiger partial charge in [0.25, 0.3) is 0 Å². The van der Waals surface area contributed by atoms with E-state index in [-0.39, 0.29) is 29.7 Å². The lowest BCUT2D eigenvalue weighted by Gasteiger charge is -2.35. The van der Waals surface area contributed by atoms with Gasteiger partial charge in [-0.3, -0.25) is 0 Å². The van der Waals surface area contributed by atoms with Crippen LogP contribution in [0.5, 0.6) is 0 Å². The van der Waals surface area contributed by atoms with Gasteiger partial charge >= 0.3 is 0 Å². The molecule has 1 fully saturated rings. The van der Waals surface area contributed by atoms with Crippen LogP contribution in [0.3, 0.4) is 0 Å². The highest BCUT2D eigenvalue weighted by Crippen LogP contribution is 2.14. The van der Waals surface area contributed by atoms with Gasteiger partial charge in [-0.05, 0) is 25.0 Å². The maximum absolute atomic E-state index is 12.6. The van der Waals surface area contributed by atoms with E-state index in [1.54, 1.807) is 6.07 Å². The summed E-state index contributed by atoms with van der Waals surface area (Å²) in [4.78, 5) is 6.87. The molecular formula is C19H28IN5O3S. The summed E-state index contributed by atoms with van der Waals surface area (Å²) in [5.41, 5.74) is 2.83. The maximum Gasteiger partial charge on any atom is 0.220 e. The number of sulfonamides is 1. The molecule has 3 rings (SSSR count). The molecule has 1 aromatic heterocycles. The molecule has 0 aliphatic carbocycles. The topological polar surface area (TPSA) is 91.0 Å². The van der Waals surface area contributed by atoms with E-state index in [2.05, 4.69) is 34.4 Å². The molecule has 1 aliphatic heterocycles. The van der Waals surface area contributed by atoms with Crippen LogP contribution in [0.4, 0.5) is 0 Å². The van der Waals surface area contributed by atoms with Crippen LogP contribution in [0.2, 0.25) is 0 Å². The minimum absolute atomic E-state index is 0. The normalized spacial score (nSPS) is 15.8. The third-order valence-corrected chi connectivity index (χ3v) is 6.56. The lowest BCUT2D eigenvalue weighted by atomic mass is 10.1. The Labute approximate surface area is 189 Å². The first-order valence-corrected chi connectivity index (χ1v) is 11.1. The quantitative estimate of drug-likeness (QED) is 0.348. The largest absolute Gasteiger partial charge is 0.364 e. The summed E-state index contributed by atoms with van der Waals surface area (Å²) >= 11 is 0. The SMILES string of the molecule is CCNC(=NCc1ccccc1C)N1CCN(S(=O)(=O)Cc2ccon2)CC1.I. The van der Waals surface area contributed by atoms with Crippen molar-refractivity contribution in [2.45, 2.75) is 26.1 Å². The van der Waals surface area contributed by atoms with Gasteiger partial charge < -0.3 is 14.7 Å². The van der Waals surface area contributed by atoms with Crippen molar-refractivity contribution in [1.29, 1.82) is 0 Å². The van der Waals surface area contributed by atoms with E-state index < -0.39 is 10.0 Å². The summed E-state index contributed by atoms with van der Waals surface area (Å²) in [6.07, 6.45) is 1.39. The fourth-order valence-corrected chi connectivity index (χ4v) is 4.57. The zero-order valence-corrected chi connectivity index (χ0v) is 19.9. The molecule has 10 heteroatoms. The first kappa shape index (κ1) is 23.6. The van der Waals surface area contributed by atoms with Crippen LogP contribution >= 0.6 is 24.0 Å². The van der Waals surface area contributed by atoms with Crippen molar-refractivity contribution in [3.63, 3.8) is 0 Å². The number of aryl methyl sites for hydroxylation is 1. The summed E-state index contributed by atoms with van der Waals surface area (Å²) in [6.45, 7) is 7.51. The molecule has 1 saturated heterocycles. The van der Waals surface area contributed by atoms with Crippen molar-refractivity contribution in [3.8, 4) is 0 Å². The Balaban J connectivity index is 0.00000300. The molecule has 1 aliphatic rings. The first-order valence-electron chi connectivity index (χ1n) is 9.44. The third-order valence-electron chi connectivity index (χ3n) is 4.75. The Kier molecular flexibility index (Phi) is 8.90. The molecule has 0 radical (unpaired) electrons. The Bertz CT molecular complexity index is 894. The van der Waals surface area contributed by atoms with E-state index in [1.165, 1.54) is 21.7 Å². The molecule has 160 valence electrons. The lowest BCUT2D eigenvalue weighted by molar-refractivity contribution is 0.259. The van der Waals surface area contributed by atoms with Gasteiger partial charge in [0, 0.05) is 38.8 Å². The van der Waals surface area contributed by atoms with Crippen LogP contribution in [0.25, 0.3) is 0 Å². The average molecular weight is 533 g/mol. The Morgan fingerprint density at radius 3 is 2.55 bits per heavy atom. The minimum Gasteiger partial charge on any atom is -0.364 e. The molecule has 1 N–H and O–H groups in total. The highest BCUT2D eigenvalue weighted by Gasteiger charge is 2.29. The molecule has 29 heavy (non-hydrogen) atoms. The summed E-state index contributed by atoms with van der Waals surface area (Å²) in [5.74, 6) is 0.685. The highest BCUT2D eigenvalue weighted by atomic mass is 127. The van der Waals surface area contributed by atoms with Gasteiger partial charge in [-0.15, -0.1) is 24.0 Å². The van der Waals surface area contributed by atoms with E-state index in [4.69, 9.17) is 9.52 Å². The number of benzene rings is 1. The molecule has 0 saturated carbocycles. The van der Waals surface area contributed by atoms with Crippen LogP contribution in [-0.2, 0) is 22.3 Å². The Morgan fingerprint density at radius 1 is 1.21 bits per heavy atom. The molecule has 0 unspecified atom stereocenters. The van der Waals surface area contributed by atoms with Crippen molar-refractivity contribution in [2.75, 3.05) is 32.7 Å². The van der Waals surface area contributed by atoms with Crippen molar-refractivity contribution < 1.29 is 12.9 Å². The number of nitrogens with zero attached hydrogens (tertiary/aromatic N) is 4. The predicted octanol–water partition coefficient (Wildman–Crippen LogP) is 2.21. The number of guanidine groups is 1. The van der Waals surface area contributed by atoms with E-state index in [0.717, 1.165) is 12.5 Å². The van der Waals surface area contributed by atoms with Gasteiger partial charge in [0.2, 0.25) is 10.0 Å². The molecule has 1 aromatic carbocycles. The average Bonchev–Trinajstić information content (AvgIpc) is 3.19. The lowest BCUT2D eigenvalue weighted by Crippen LogP contribution is -2.53. The van der Waals surface area contributed by atoms with Gasteiger partial charge in [0.05, 0.1) is 12.2 Å². The van der Waals surface area contributed by atoms with Crippen LogP contribution in [0.1, 0.15) is 23.7 Å². The Morgan fingerprint density at radius 2 is 1.93 bits per heavy atom. The van der Waals surface area contributed by atoms with Gasteiger partial charge in [0.15, 0.2) is 5.96 Å². The minimum atomic E-state index is -3.40. The molecule has 2 aromatic rings. The molecule has 0 atom stereocenters. The van der Waals surface area contributed by atoms with E-state index >= 15 is 0 Å². The number of piperazine rings is 1. The standard InChI is InChI=1S/C19H27N5O3S.HI/c1-3-20-19(21-14-17-7-5-4-6-16(17)2)23-9-11-24(12-10-23)28(25,26)15-18-8-13-27-22-18;/h4-8,13H,3,9-12,14-15H2,1-2H3,(H,20,21);1H. The van der Waals surface area contributed by atoms with Gasteiger partial charge in [-0.25, -0.2) is 13.4 Å². The van der Waals surface area contributed by atoms with Crippen LogP contribution in [0.15, 0.2) is 46.1 Å². The second-order valence-corrected chi connectivity index (χ2v) is 8.70. The highest BCUT2D eigenvalue weighted by molar-refractivity contribution is 14.0. The van der Waals surface area contributed by atoms with Gasteiger partial charge in [-0.2, -0.15) is 4.31 Å². The van der Waals surface area contributed by atoms with E-state index in [1.807, 2.05) is 19.1 Å². The summed E-state index contributed by atoms with van der Waals surface area (Å²) < 4.78 is 31.4. The van der Waals surface area contributed by atoms with Crippen LogP contribution in [-0.4, -0.2) is 61.5 Å². The number of halogens is 1. The molecule has 2 heterocycles. The number of aliphatic imine (C=N–C) groups is 1. The van der Waals surface area contributed by atoms with Crippen LogP contribution < -0.4 is 5.32 Å². The number of hydrogen-bond donors (Lipinski definition) is 1. The molecule has 0 amide bonds. The van der Waals surface area contributed by atoms with Gasteiger partial charge in [-0.1, -0.05) is 29.4 Å². The predicted molar refractivity (Wildman–Crippen MR) is 124 cm³/mol. The number of rotatable bonds is 6. The van der Waals surface area contributed by atoms with Crippen molar-refractivity contribution >= 4 is 40.0 Å². The second-order valence-electron chi connectivity index (χ2n) is 6.73. The first-order chi connectivity index (χ1) is 13.5. The smallest absolute Gasteiger partial charge is 0.220 e. The molecular weight excluding hydrogens is 505 g/mol.